The third-order valence-corrected chi connectivity index (χ3v) is 6.20. The van der Waals surface area contributed by atoms with Crippen LogP contribution in [0.4, 0.5) is 0 Å². The molecule has 7 heteroatoms. The minimum Gasteiger partial charge on any atom is -0.399 e. The molecule has 0 aromatic carbocycles. The van der Waals surface area contributed by atoms with Gasteiger partial charge in [-0.2, -0.15) is 0 Å². The highest BCUT2D eigenvalue weighted by Crippen LogP contribution is 2.36. The minimum atomic E-state index is -1.10. The van der Waals surface area contributed by atoms with Crippen LogP contribution in [0.1, 0.15) is 33.4 Å². The van der Waals surface area contributed by atoms with Gasteiger partial charge in [0.05, 0.1) is 23.1 Å². The molecular formula is C15H29BN2O3Si. The Balaban J connectivity index is 2.05. The zero-order valence-corrected chi connectivity index (χ0v) is 16.2. The number of aryl methyl sites for hydroxylation is 1. The second kappa shape index (κ2) is 5.69. The van der Waals surface area contributed by atoms with E-state index in [1.165, 1.54) is 0 Å². The first-order valence-electron chi connectivity index (χ1n) is 7.96. The molecule has 0 saturated carbocycles. The van der Waals surface area contributed by atoms with Gasteiger partial charge in [0.1, 0.15) is 6.61 Å². The third kappa shape index (κ3) is 3.75. The highest BCUT2D eigenvalue weighted by Gasteiger charge is 2.52. The Kier molecular flexibility index (Phi) is 4.54. The molecule has 0 bridgehead atoms. The topological polar surface area (TPSA) is 45.5 Å². The molecule has 1 fully saturated rings. The van der Waals surface area contributed by atoms with Crippen LogP contribution >= 0.6 is 0 Å². The van der Waals surface area contributed by atoms with Crippen LogP contribution in [0.5, 0.6) is 0 Å². The van der Waals surface area contributed by atoms with Crippen molar-refractivity contribution in [3.63, 3.8) is 0 Å². The summed E-state index contributed by atoms with van der Waals surface area (Å²) in [4.78, 5) is 7.29. The quantitative estimate of drug-likeness (QED) is 0.780. The van der Waals surface area contributed by atoms with Crippen molar-refractivity contribution >= 4 is 20.7 Å². The van der Waals surface area contributed by atoms with Crippen molar-refractivity contribution in [2.24, 2.45) is 0 Å². The molecule has 22 heavy (non-hydrogen) atoms. The van der Waals surface area contributed by atoms with Crippen LogP contribution in [0.2, 0.25) is 25.7 Å². The van der Waals surface area contributed by atoms with Crippen molar-refractivity contribution in [1.82, 2.24) is 9.94 Å². The Hall–Kier alpha value is -0.788. The average molecular weight is 324 g/mol. The van der Waals surface area contributed by atoms with Gasteiger partial charge in [-0.1, -0.05) is 19.6 Å². The normalized spacial score (nSPS) is 20.5. The van der Waals surface area contributed by atoms with E-state index in [0.717, 1.165) is 17.2 Å². The molecule has 0 aliphatic carbocycles. The molecule has 1 aliphatic rings. The summed E-state index contributed by atoms with van der Waals surface area (Å²) in [7, 11) is -1.49. The molecular weight excluding hydrogens is 295 g/mol. The van der Waals surface area contributed by atoms with E-state index in [1.54, 1.807) is 4.85 Å². The van der Waals surface area contributed by atoms with E-state index < -0.39 is 8.07 Å². The fraction of sp³-hybridized carbons (Fsp3) is 0.800. The van der Waals surface area contributed by atoms with Crippen LogP contribution in [0.25, 0.3) is 0 Å². The lowest BCUT2D eigenvalue weighted by molar-refractivity contribution is 0.00578. The van der Waals surface area contributed by atoms with Gasteiger partial charge >= 0.3 is 7.12 Å². The van der Waals surface area contributed by atoms with Crippen LogP contribution < -0.4 is 10.3 Å². The minimum absolute atomic E-state index is 0.342. The maximum absolute atomic E-state index is 6.08. The van der Waals surface area contributed by atoms with Crippen molar-refractivity contribution in [1.29, 1.82) is 0 Å². The maximum atomic E-state index is 6.08. The molecule has 5 nitrogen and oxygen atoms in total. The first-order chi connectivity index (χ1) is 9.91. The van der Waals surface area contributed by atoms with Crippen LogP contribution in [-0.2, 0) is 9.31 Å². The maximum Gasteiger partial charge on any atom is 0.498 e. The number of hydrogen-bond acceptors (Lipinski definition) is 4. The Morgan fingerprint density at radius 1 is 1.18 bits per heavy atom. The SMILES string of the molecule is Cc1nn(OCC[Si](C)(C)C)cc1B1OC(C)(C)C(C)(C)O1. The molecule has 0 spiro atoms. The predicted molar refractivity (Wildman–Crippen MR) is 92.3 cm³/mol. The zero-order valence-electron chi connectivity index (χ0n) is 15.2. The Bertz CT molecular complexity index is 521. The molecule has 0 radical (unpaired) electrons. The summed E-state index contributed by atoms with van der Waals surface area (Å²) in [5.74, 6) is 0. The highest BCUT2D eigenvalue weighted by atomic mass is 28.3. The van der Waals surface area contributed by atoms with E-state index >= 15 is 0 Å². The second-order valence-electron chi connectivity index (χ2n) is 8.30. The van der Waals surface area contributed by atoms with Gasteiger partial charge < -0.3 is 14.1 Å². The monoisotopic (exact) mass is 324 g/mol. The Morgan fingerprint density at radius 3 is 2.23 bits per heavy atom. The van der Waals surface area contributed by atoms with Gasteiger partial charge in [0.2, 0.25) is 0 Å². The molecule has 2 rings (SSSR count). The van der Waals surface area contributed by atoms with Gasteiger partial charge in [0.15, 0.2) is 0 Å². The number of hydrogen-bond donors (Lipinski definition) is 0. The smallest absolute Gasteiger partial charge is 0.399 e. The summed E-state index contributed by atoms with van der Waals surface area (Å²) >= 11 is 0. The molecule has 1 aliphatic heterocycles. The summed E-state index contributed by atoms with van der Waals surface area (Å²) in [5, 5.41) is 4.42. The van der Waals surface area contributed by atoms with E-state index in [0.29, 0.717) is 6.61 Å². The lowest BCUT2D eigenvalue weighted by Crippen LogP contribution is -2.41. The number of rotatable bonds is 5. The van der Waals surface area contributed by atoms with Crippen LogP contribution in [0, 0.1) is 6.92 Å². The van der Waals surface area contributed by atoms with Crippen LogP contribution in [0.3, 0.4) is 0 Å². The summed E-state index contributed by atoms with van der Waals surface area (Å²) in [6.07, 6.45) is 1.88. The van der Waals surface area contributed by atoms with Gasteiger partial charge in [-0.3, -0.25) is 0 Å². The molecule has 0 atom stereocenters. The van der Waals surface area contributed by atoms with Gasteiger partial charge in [0.25, 0.3) is 0 Å². The third-order valence-electron chi connectivity index (χ3n) is 4.50. The van der Waals surface area contributed by atoms with E-state index in [4.69, 9.17) is 14.1 Å². The van der Waals surface area contributed by atoms with Gasteiger partial charge in [-0.15, -0.1) is 9.94 Å². The van der Waals surface area contributed by atoms with Gasteiger partial charge in [-0.25, -0.2) is 0 Å². The van der Waals surface area contributed by atoms with E-state index in [2.05, 4.69) is 52.4 Å². The zero-order chi connectivity index (χ0) is 16.8. The lowest BCUT2D eigenvalue weighted by Gasteiger charge is -2.32. The van der Waals surface area contributed by atoms with E-state index in [-0.39, 0.29) is 18.3 Å². The number of aromatic nitrogens is 2. The van der Waals surface area contributed by atoms with Gasteiger partial charge in [0, 0.05) is 13.5 Å². The fourth-order valence-corrected chi connectivity index (χ4v) is 2.86. The average Bonchev–Trinajstić information content (AvgIpc) is 2.76. The van der Waals surface area contributed by atoms with Crippen molar-refractivity contribution in [3.8, 4) is 0 Å². The van der Waals surface area contributed by atoms with E-state index in [9.17, 15) is 0 Å². The first-order valence-corrected chi connectivity index (χ1v) is 11.7. The summed E-state index contributed by atoms with van der Waals surface area (Å²) in [6, 6.07) is 1.11. The van der Waals surface area contributed by atoms with Crippen LogP contribution in [0.15, 0.2) is 6.20 Å². The summed E-state index contributed by atoms with van der Waals surface area (Å²) < 4.78 is 12.2. The molecule has 0 amide bonds. The lowest BCUT2D eigenvalue weighted by atomic mass is 9.79. The summed E-state index contributed by atoms with van der Waals surface area (Å²) in [5.41, 5.74) is 1.13. The standard InChI is InChI=1S/C15H29BN2O3Si/c1-12-13(16-20-14(2,3)15(4,5)21-16)11-18(17-12)19-9-10-22(6,7)8/h11H,9-10H2,1-8H3. The second-order valence-corrected chi connectivity index (χ2v) is 13.9. The van der Waals surface area contributed by atoms with Crippen molar-refractivity contribution < 1.29 is 14.1 Å². The molecule has 124 valence electrons. The fourth-order valence-electron chi connectivity index (χ4n) is 2.16. The molecule has 2 heterocycles. The highest BCUT2D eigenvalue weighted by molar-refractivity contribution is 6.76. The Labute approximate surface area is 135 Å². The van der Waals surface area contributed by atoms with Crippen molar-refractivity contribution in [2.45, 2.75) is 71.5 Å². The number of nitrogens with zero attached hydrogens (tertiary/aromatic N) is 2. The molecule has 1 aromatic rings. The van der Waals surface area contributed by atoms with Crippen LogP contribution in [-0.4, -0.2) is 42.9 Å². The molecule has 1 aromatic heterocycles. The van der Waals surface area contributed by atoms with Crippen molar-refractivity contribution in [2.75, 3.05) is 6.61 Å². The van der Waals surface area contributed by atoms with Gasteiger partial charge in [-0.05, 0) is 40.7 Å². The molecule has 1 saturated heterocycles. The van der Waals surface area contributed by atoms with Crippen molar-refractivity contribution in [3.05, 3.63) is 11.9 Å². The largest absolute Gasteiger partial charge is 0.498 e. The van der Waals surface area contributed by atoms with E-state index in [1.807, 2.05) is 13.1 Å². The molecule has 0 unspecified atom stereocenters. The summed E-state index contributed by atoms with van der Waals surface area (Å²) in [6.45, 7) is 17.9. The first kappa shape index (κ1) is 17.6. The predicted octanol–water partition coefficient (Wildman–Crippen LogP) is 2.26. The molecule has 0 N–H and O–H groups in total. The Morgan fingerprint density at radius 2 is 1.73 bits per heavy atom.